The summed E-state index contributed by atoms with van der Waals surface area (Å²) in [6, 6.07) is 1.85. The Bertz CT molecular complexity index is 244. The van der Waals surface area contributed by atoms with Crippen molar-refractivity contribution in [1.29, 1.82) is 0 Å². The summed E-state index contributed by atoms with van der Waals surface area (Å²) in [6.07, 6.45) is 10.2. The van der Waals surface area contributed by atoms with Crippen molar-refractivity contribution < 1.29 is 0 Å². The van der Waals surface area contributed by atoms with Gasteiger partial charge in [-0.3, -0.25) is 0 Å². The quantitative estimate of drug-likeness (QED) is 0.314. The van der Waals surface area contributed by atoms with Crippen molar-refractivity contribution >= 4 is 27.7 Å². The van der Waals surface area contributed by atoms with Crippen LogP contribution in [0.2, 0.25) is 0 Å². The van der Waals surface area contributed by atoms with Gasteiger partial charge in [-0.15, -0.1) is 0 Å². The zero-order valence-electron chi connectivity index (χ0n) is 8.86. The Balaban J connectivity index is 1.93. The maximum absolute atomic E-state index is 4.17. The molecule has 15 heavy (non-hydrogen) atoms. The van der Waals surface area contributed by atoms with E-state index in [9.17, 15) is 0 Å². The van der Waals surface area contributed by atoms with E-state index >= 15 is 0 Å². The van der Waals surface area contributed by atoms with E-state index in [4.69, 9.17) is 0 Å². The molecule has 1 rings (SSSR count). The zero-order valence-corrected chi connectivity index (χ0v) is 11.3. The molecule has 0 radical (unpaired) electrons. The van der Waals surface area contributed by atoms with Gasteiger partial charge in [-0.25, -0.2) is 9.97 Å². The van der Waals surface area contributed by atoms with Crippen molar-refractivity contribution in [3.8, 4) is 0 Å². The van der Waals surface area contributed by atoms with Gasteiger partial charge in [-0.2, -0.15) is 0 Å². The molecule has 0 spiro atoms. The van der Waals surface area contributed by atoms with Gasteiger partial charge in [0.2, 0.25) is 0 Å². The molecule has 0 saturated carbocycles. The number of alkyl halides is 1. The second-order valence-corrected chi connectivity index (χ2v) is 5.19. The van der Waals surface area contributed by atoms with Crippen LogP contribution in [-0.4, -0.2) is 21.1 Å². The molecule has 0 aromatic carbocycles. The summed E-state index contributed by atoms with van der Waals surface area (Å²) in [7, 11) is 0. The van der Waals surface area contributed by atoms with Crippen molar-refractivity contribution in [2.24, 2.45) is 0 Å². The molecule has 1 aromatic heterocycles. The second kappa shape index (κ2) is 9.16. The minimum Gasteiger partial charge on any atom is -0.231 e. The van der Waals surface area contributed by atoms with Crippen LogP contribution in [0.4, 0.5) is 0 Å². The molecule has 1 aromatic rings. The summed E-state index contributed by atoms with van der Waals surface area (Å²) in [5.74, 6) is 1.14. The molecule has 0 aliphatic rings. The number of halogens is 1. The molecule has 0 bridgehead atoms. The minimum absolute atomic E-state index is 0.901. The number of aromatic nitrogens is 2. The Morgan fingerprint density at radius 3 is 2.40 bits per heavy atom. The van der Waals surface area contributed by atoms with Gasteiger partial charge in [0, 0.05) is 23.5 Å². The molecule has 1 heterocycles. The molecule has 4 heteroatoms. The zero-order chi connectivity index (χ0) is 10.8. The second-order valence-electron chi connectivity index (χ2n) is 3.34. The summed E-state index contributed by atoms with van der Waals surface area (Å²) in [5, 5.41) is 2.04. The lowest BCUT2D eigenvalue weighted by molar-refractivity contribution is 0.663. The Hall–Kier alpha value is -0.0900. The summed E-state index contributed by atoms with van der Waals surface area (Å²) >= 11 is 5.19. The van der Waals surface area contributed by atoms with Crippen molar-refractivity contribution in [2.45, 2.75) is 37.3 Å². The van der Waals surface area contributed by atoms with Gasteiger partial charge in [0.1, 0.15) is 0 Å². The van der Waals surface area contributed by atoms with Gasteiger partial charge in [0.05, 0.1) is 0 Å². The van der Waals surface area contributed by atoms with Crippen LogP contribution < -0.4 is 0 Å². The number of hydrogen-bond donors (Lipinski definition) is 0. The molecule has 0 amide bonds. The Morgan fingerprint density at radius 2 is 1.67 bits per heavy atom. The smallest absolute Gasteiger partial charge is 0.187 e. The summed E-state index contributed by atoms with van der Waals surface area (Å²) in [4.78, 5) is 8.34. The topological polar surface area (TPSA) is 25.8 Å². The highest BCUT2D eigenvalue weighted by Gasteiger charge is 1.95. The maximum atomic E-state index is 4.17. The highest BCUT2D eigenvalue weighted by atomic mass is 79.9. The first-order valence-electron chi connectivity index (χ1n) is 5.39. The van der Waals surface area contributed by atoms with E-state index in [-0.39, 0.29) is 0 Å². The number of unbranched alkanes of at least 4 members (excludes halogenated alkanes) is 4. The standard InChI is InChI=1S/C11H17BrN2S/c12-7-4-2-1-3-5-10-15-11-13-8-6-9-14-11/h6,8-9H,1-5,7,10H2. The van der Waals surface area contributed by atoms with Gasteiger partial charge in [0.25, 0.3) is 0 Å². The lowest BCUT2D eigenvalue weighted by Crippen LogP contribution is -1.87. The molecular weight excluding hydrogens is 272 g/mol. The average molecular weight is 289 g/mol. The van der Waals surface area contributed by atoms with Gasteiger partial charge in [-0.1, -0.05) is 47.0 Å². The third kappa shape index (κ3) is 6.90. The van der Waals surface area contributed by atoms with Crippen LogP contribution >= 0.6 is 27.7 Å². The molecule has 0 atom stereocenters. The first-order valence-corrected chi connectivity index (χ1v) is 7.50. The van der Waals surface area contributed by atoms with Crippen LogP contribution in [0.1, 0.15) is 32.1 Å². The maximum Gasteiger partial charge on any atom is 0.187 e. The summed E-state index contributed by atoms with van der Waals surface area (Å²) in [6.45, 7) is 0. The fourth-order valence-electron chi connectivity index (χ4n) is 1.25. The molecule has 0 aliphatic heterocycles. The molecule has 0 unspecified atom stereocenters. The van der Waals surface area contributed by atoms with Crippen molar-refractivity contribution in [1.82, 2.24) is 9.97 Å². The van der Waals surface area contributed by atoms with E-state index in [0.29, 0.717) is 0 Å². The van der Waals surface area contributed by atoms with Crippen LogP contribution in [0, 0.1) is 0 Å². The third-order valence-corrected chi connectivity index (χ3v) is 3.57. The Morgan fingerprint density at radius 1 is 1.00 bits per heavy atom. The van der Waals surface area contributed by atoms with Crippen LogP contribution in [0.5, 0.6) is 0 Å². The molecule has 0 saturated heterocycles. The molecule has 2 nitrogen and oxygen atoms in total. The largest absolute Gasteiger partial charge is 0.231 e. The summed E-state index contributed by atoms with van der Waals surface area (Å²) in [5.41, 5.74) is 0. The Kier molecular flexibility index (Phi) is 7.92. The predicted molar refractivity (Wildman–Crippen MR) is 69.6 cm³/mol. The van der Waals surface area contributed by atoms with Gasteiger partial charge in [0.15, 0.2) is 5.16 Å². The third-order valence-electron chi connectivity index (χ3n) is 2.05. The van der Waals surface area contributed by atoms with E-state index in [1.807, 2.05) is 6.07 Å². The number of thioether (sulfide) groups is 1. The van der Waals surface area contributed by atoms with E-state index < -0.39 is 0 Å². The van der Waals surface area contributed by atoms with Crippen molar-refractivity contribution in [3.63, 3.8) is 0 Å². The highest BCUT2D eigenvalue weighted by Crippen LogP contribution is 2.14. The SMILES string of the molecule is BrCCCCCCCSc1ncccn1. The first kappa shape index (κ1) is 13.0. The van der Waals surface area contributed by atoms with Crippen molar-refractivity contribution in [3.05, 3.63) is 18.5 Å². The fraction of sp³-hybridized carbons (Fsp3) is 0.636. The Labute approximate surface area is 104 Å². The normalized spacial score (nSPS) is 10.5. The number of nitrogens with zero attached hydrogens (tertiary/aromatic N) is 2. The van der Waals surface area contributed by atoms with Crippen LogP contribution in [0.15, 0.2) is 23.6 Å². The van der Waals surface area contributed by atoms with Crippen LogP contribution in [0.25, 0.3) is 0 Å². The van der Waals surface area contributed by atoms with E-state index in [1.165, 1.54) is 32.1 Å². The predicted octanol–water partition coefficient (Wildman–Crippen LogP) is 3.91. The molecular formula is C11H17BrN2S. The van der Waals surface area contributed by atoms with E-state index in [0.717, 1.165) is 16.2 Å². The summed E-state index contributed by atoms with van der Waals surface area (Å²) < 4.78 is 0. The fourth-order valence-corrected chi connectivity index (χ4v) is 2.45. The van der Waals surface area contributed by atoms with E-state index in [1.54, 1.807) is 24.2 Å². The minimum atomic E-state index is 0.901. The molecule has 0 aliphatic carbocycles. The molecule has 0 fully saturated rings. The highest BCUT2D eigenvalue weighted by molar-refractivity contribution is 9.09. The van der Waals surface area contributed by atoms with Gasteiger partial charge < -0.3 is 0 Å². The van der Waals surface area contributed by atoms with Gasteiger partial charge >= 0.3 is 0 Å². The average Bonchev–Trinajstić information content (AvgIpc) is 2.29. The van der Waals surface area contributed by atoms with Crippen molar-refractivity contribution in [2.75, 3.05) is 11.1 Å². The van der Waals surface area contributed by atoms with Crippen LogP contribution in [-0.2, 0) is 0 Å². The van der Waals surface area contributed by atoms with Gasteiger partial charge in [-0.05, 0) is 18.9 Å². The monoisotopic (exact) mass is 288 g/mol. The van der Waals surface area contributed by atoms with E-state index in [2.05, 4.69) is 25.9 Å². The first-order chi connectivity index (χ1) is 7.43. The number of rotatable bonds is 8. The lowest BCUT2D eigenvalue weighted by Gasteiger charge is -2.00. The number of hydrogen-bond acceptors (Lipinski definition) is 3. The molecule has 84 valence electrons. The lowest BCUT2D eigenvalue weighted by atomic mass is 10.2. The molecule has 0 N–H and O–H groups in total. The van der Waals surface area contributed by atoms with Crippen LogP contribution in [0.3, 0.4) is 0 Å².